The summed E-state index contributed by atoms with van der Waals surface area (Å²) in [4.78, 5) is 27.2. The zero-order valence-electron chi connectivity index (χ0n) is 12.0. The molecule has 0 aromatic heterocycles. The third kappa shape index (κ3) is 3.40. The van der Waals surface area contributed by atoms with E-state index in [1.807, 2.05) is 7.05 Å². The van der Waals surface area contributed by atoms with Crippen LogP contribution in [0.5, 0.6) is 0 Å². The standard InChI is InChI=1S/C13H23N3O4/c1-15-5-3-4-9(6-15)16(2)13(19)14-11-8-20-7-10(11)12(17)18/h9-11H,3-8H2,1-2H3,(H,14,19)(H,17,18). The highest BCUT2D eigenvalue weighted by molar-refractivity contribution is 5.77. The Balaban J connectivity index is 1.89. The van der Waals surface area contributed by atoms with Crippen molar-refractivity contribution in [3.63, 3.8) is 0 Å². The number of carboxylic acids is 1. The minimum absolute atomic E-state index is 0.163. The average molecular weight is 285 g/mol. The van der Waals surface area contributed by atoms with Gasteiger partial charge in [-0.05, 0) is 26.4 Å². The number of carboxylic acid groups (broad SMARTS) is 1. The maximum atomic E-state index is 12.2. The number of likely N-dealkylation sites (tertiary alicyclic amines) is 1. The topological polar surface area (TPSA) is 82.1 Å². The quantitative estimate of drug-likeness (QED) is 0.752. The molecule has 2 aliphatic rings. The fourth-order valence-electron chi connectivity index (χ4n) is 2.82. The molecule has 0 saturated carbocycles. The molecule has 2 aliphatic heterocycles. The molecule has 2 amide bonds. The van der Waals surface area contributed by atoms with E-state index in [4.69, 9.17) is 9.84 Å². The van der Waals surface area contributed by atoms with Gasteiger partial charge in [0.25, 0.3) is 0 Å². The summed E-state index contributed by atoms with van der Waals surface area (Å²) in [7, 11) is 3.81. The van der Waals surface area contributed by atoms with Crippen LogP contribution >= 0.6 is 0 Å². The second-order valence-corrected chi connectivity index (χ2v) is 5.71. The van der Waals surface area contributed by atoms with E-state index in [1.165, 1.54) is 0 Å². The maximum absolute atomic E-state index is 12.2. The van der Waals surface area contributed by atoms with Crippen LogP contribution in [0, 0.1) is 5.92 Å². The SMILES string of the molecule is CN1CCCC(N(C)C(=O)NC2COCC2C(=O)O)C1. The number of hydrogen-bond donors (Lipinski definition) is 2. The summed E-state index contributed by atoms with van der Waals surface area (Å²) in [5.41, 5.74) is 0. The Morgan fingerprint density at radius 1 is 1.40 bits per heavy atom. The summed E-state index contributed by atoms with van der Waals surface area (Å²) in [5.74, 6) is -1.57. The van der Waals surface area contributed by atoms with Gasteiger partial charge in [0, 0.05) is 19.6 Å². The smallest absolute Gasteiger partial charge is 0.317 e. The Morgan fingerprint density at radius 3 is 2.80 bits per heavy atom. The van der Waals surface area contributed by atoms with Gasteiger partial charge in [0.05, 0.1) is 19.3 Å². The van der Waals surface area contributed by atoms with Gasteiger partial charge in [0.2, 0.25) is 0 Å². The molecule has 2 heterocycles. The molecule has 0 spiro atoms. The lowest BCUT2D eigenvalue weighted by atomic mass is 10.0. The highest BCUT2D eigenvalue weighted by atomic mass is 16.5. The molecule has 0 bridgehead atoms. The molecule has 0 aromatic carbocycles. The summed E-state index contributed by atoms with van der Waals surface area (Å²) in [6, 6.07) is -0.477. The molecule has 2 fully saturated rings. The number of ether oxygens (including phenoxy) is 1. The number of carbonyl (C=O) groups excluding carboxylic acids is 1. The first kappa shape index (κ1) is 15.1. The molecule has 0 aliphatic carbocycles. The van der Waals surface area contributed by atoms with Gasteiger partial charge in [-0.15, -0.1) is 0 Å². The zero-order chi connectivity index (χ0) is 14.7. The molecule has 2 saturated heterocycles. The maximum Gasteiger partial charge on any atom is 0.317 e. The lowest BCUT2D eigenvalue weighted by Crippen LogP contribution is -2.54. The van der Waals surface area contributed by atoms with Gasteiger partial charge in [-0.3, -0.25) is 4.79 Å². The van der Waals surface area contributed by atoms with Crippen molar-refractivity contribution < 1.29 is 19.4 Å². The normalized spacial score (nSPS) is 31.0. The largest absolute Gasteiger partial charge is 0.481 e. The van der Waals surface area contributed by atoms with E-state index in [2.05, 4.69) is 10.2 Å². The van der Waals surface area contributed by atoms with Crippen LogP contribution in [0.1, 0.15) is 12.8 Å². The van der Waals surface area contributed by atoms with E-state index in [1.54, 1.807) is 11.9 Å². The van der Waals surface area contributed by atoms with Crippen LogP contribution in [0.4, 0.5) is 4.79 Å². The Morgan fingerprint density at radius 2 is 2.15 bits per heavy atom. The summed E-state index contributed by atoms with van der Waals surface area (Å²) < 4.78 is 5.15. The molecule has 7 heteroatoms. The first-order valence-electron chi connectivity index (χ1n) is 7.01. The second-order valence-electron chi connectivity index (χ2n) is 5.71. The Hall–Kier alpha value is -1.34. The van der Waals surface area contributed by atoms with Crippen LogP contribution in [0.2, 0.25) is 0 Å². The van der Waals surface area contributed by atoms with Crippen molar-refractivity contribution in [2.75, 3.05) is 40.4 Å². The van der Waals surface area contributed by atoms with Crippen LogP contribution in [-0.2, 0) is 9.53 Å². The lowest BCUT2D eigenvalue weighted by molar-refractivity contribution is -0.142. The third-order valence-electron chi connectivity index (χ3n) is 4.17. The number of nitrogens with zero attached hydrogens (tertiary/aromatic N) is 2. The molecule has 7 nitrogen and oxygen atoms in total. The summed E-state index contributed by atoms with van der Waals surface area (Å²) in [6.07, 6.45) is 2.06. The van der Waals surface area contributed by atoms with Crippen molar-refractivity contribution in [2.45, 2.75) is 24.9 Å². The monoisotopic (exact) mass is 285 g/mol. The number of likely N-dealkylation sites (N-methyl/N-ethyl adjacent to an activating group) is 2. The molecular weight excluding hydrogens is 262 g/mol. The van der Waals surface area contributed by atoms with E-state index >= 15 is 0 Å². The van der Waals surface area contributed by atoms with Crippen LogP contribution < -0.4 is 5.32 Å². The van der Waals surface area contributed by atoms with E-state index in [0.717, 1.165) is 25.9 Å². The molecule has 114 valence electrons. The van der Waals surface area contributed by atoms with E-state index in [-0.39, 0.29) is 25.3 Å². The zero-order valence-corrected chi connectivity index (χ0v) is 12.0. The summed E-state index contributed by atoms with van der Waals surface area (Å²) >= 11 is 0. The lowest BCUT2D eigenvalue weighted by Gasteiger charge is -2.36. The molecule has 2 rings (SSSR count). The van der Waals surface area contributed by atoms with E-state index in [9.17, 15) is 9.59 Å². The van der Waals surface area contributed by atoms with Crippen LogP contribution in [-0.4, -0.2) is 79.4 Å². The molecule has 0 radical (unpaired) electrons. The van der Waals surface area contributed by atoms with Crippen LogP contribution in [0.3, 0.4) is 0 Å². The minimum atomic E-state index is -0.923. The number of aliphatic carboxylic acids is 1. The number of amides is 2. The van der Waals surface area contributed by atoms with Crippen molar-refractivity contribution >= 4 is 12.0 Å². The molecule has 3 atom stereocenters. The number of rotatable bonds is 3. The predicted molar refractivity (Wildman–Crippen MR) is 72.5 cm³/mol. The van der Waals surface area contributed by atoms with Gasteiger partial charge in [0.1, 0.15) is 5.92 Å². The van der Waals surface area contributed by atoms with E-state index in [0.29, 0.717) is 0 Å². The van der Waals surface area contributed by atoms with Gasteiger partial charge < -0.3 is 25.0 Å². The minimum Gasteiger partial charge on any atom is -0.481 e. The average Bonchev–Trinajstić information content (AvgIpc) is 2.86. The van der Waals surface area contributed by atoms with E-state index < -0.39 is 17.9 Å². The third-order valence-corrected chi connectivity index (χ3v) is 4.17. The van der Waals surface area contributed by atoms with Crippen LogP contribution in [0.25, 0.3) is 0 Å². The Labute approximate surface area is 118 Å². The number of nitrogens with one attached hydrogen (secondary N) is 1. The molecular formula is C13H23N3O4. The molecule has 3 unspecified atom stereocenters. The summed E-state index contributed by atoms with van der Waals surface area (Å²) in [5, 5.41) is 11.9. The Kier molecular flexibility index (Phi) is 4.82. The van der Waals surface area contributed by atoms with Gasteiger partial charge in [-0.1, -0.05) is 0 Å². The van der Waals surface area contributed by atoms with Crippen molar-refractivity contribution in [3.8, 4) is 0 Å². The van der Waals surface area contributed by atoms with Crippen molar-refractivity contribution in [3.05, 3.63) is 0 Å². The fraction of sp³-hybridized carbons (Fsp3) is 0.846. The predicted octanol–water partition coefficient (Wildman–Crippen LogP) is -0.178. The number of hydrogen-bond acceptors (Lipinski definition) is 4. The van der Waals surface area contributed by atoms with Crippen LogP contribution in [0.15, 0.2) is 0 Å². The van der Waals surface area contributed by atoms with Crippen molar-refractivity contribution in [1.29, 1.82) is 0 Å². The van der Waals surface area contributed by atoms with Gasteiger partial charge in [-0.25, -0.2) is 4.79 Å². The van der Waals surface area contributed by atoms with Crippen molar-refractivity contribution in [1.82, 2.24) is 15.1 Å². The number of carbonyl (C=O) groups is 2. The summed E-state index contributed by atoms with van der Waals surface area (Å²) in [6.45, 7) is 2.34. The molecule has 20 heavy (non-hydrogen) atoms. The second kappa shape index (κ2) is 6.41. The van der Waals surface area contributed by atoms with Crippen molar-refractivity contribution in [2.24, 2.45) is 5.92 Å². The highest BCUT2D eigenvalue weighted by Crippen LogP contribution is 2.16. The van der Waals surface area contributed by atoms with Gasteiger partial charge in [-0.2, -0.15) is 0 Å². The first-order chi connectivity index (χ1) is 9.49. The van der Waals surface area contributed by atoms with Gasteiger partial charge >= 0.3 is 12.0 Å². The molecule has 0 aromatic rings. The van der Waals surface area contributed by atoms with Gasteiger partial charge in [0.15, 0.2) is 0 Å². The first-order valence-corrected chi connectivity index (χ1v) is 7.01. The molecule has 2 N–H and O–H groups in total. The number of urea groups is 1. The fourth-order valence-corrected chi connectivity index (χ4v) is 2.82. The number of piperidine rings is 1. The highest BCUT2D eigenvalue weighted by Gasteiger charge is 2.36. The Bertz CT molecular complexity index is 377.